The average Bonchev–Trinajstić information content (AvgIpc) is 2.67. The maximum Gasteiger partial charge on any atom is 0.0661 e. The number of hydrogen-bond donors (Lipinski definition) is 1. The molecule has 68 valence electrons. The van der Waals surface area contributed by atoms with Crippen molar-refractivity contribution >= 4 is 7.85 Å². The molecule has 1 aliphatic carbocycles. The molecule has 1 aromatic heterocycles. The van der Waals surface area contributed by atoms with Crippen LogP contribution in [-0.2, 0) is 7.05 Å². The lowest BCUT2D eigenvalue weighted by Gasteiger charge is -2.08. The van der Waals surface area contributed by atoms with Crippen LogP contribution in [0.15, 0.2) is 6.20 Å². The van der Waals surface area contributed by atoms with Gasteiger partial charge in [-0.1, -0.05) is 6.32 Å². The molecule has 0 fully saturated rings. The van der Waals surface area contributed by atoms with Gasteiger partial charge in [-0.2, -0.15) is 5.10 Å². The number of hydrogen-bond acceptors (Lipinski definition) is 2. The third-order valence-electron chi connectivity index (χ3n) is 2.91. The van der Waals surface area contributed by atoms with E-state index >= 15 is 0 Å². The van der Waals surface area contributed by atoms with Crippen LogP contribution in [0.4, 0.5) is 0 Å². The summed E-state index contributed by atoms with van der Waals surface area (Å²) in [4.78, 5) is 0. The molecule has 2 radical (unpaired) electrons. The highest BCUT2D eigenvalue weighted by Gasteiger charge is 2.32. The van der Waals surface area contributed by atoms with Gasteiger partial charge < -0.3 is 5.11 Å². The van der Waals surface area contributed by atoms with Crippen molar-refractivity contribution < 1.29 is 5.11 Å². The Bertz CT molecular complexity index is 311. The van der Waals surface area contributed by atoms with E-state index in [1.807, 2.05) is 17.9 Å². The minimum absolute atomic E-state index is 0.197. The molecule has 13 heavy (non-hydrogen) atoms. The van der Waals surface area contributed by atoms with Crippen LogP contribution in [0, 0.1) is 0 Å². The smallest absolute Gasteiger partial charge is 0.0661 e. The normalized spacial score (nSPS) is 26.3. The molecule has 0 aromatic carbocycles. The molecule has 1 N–H and O–H groups in total. The summed E-state index contributed by atoms with van der Waals surface area (Å²) < 4.78 is 1.85. The second-order valence-corrected chi connectivity index (χ2v) is 3.66. The van der Waals surface area contributed by atoms with Crippen molar-refractivity contribution in [2.45, 2.75) is 24.6 Å². The van der Waals surface area contributed by atoms with Gasteiger partial charge in [-0.3, -0.25) is 4.68 Å². The van der Waals surface area contributed by atoms with E-state index in [1.165, 1.54) is 5.56 Å². The van der Waals surface area contributed by atoms with E-state index in [1.54, 1.807) is 0 Å². The second-order valence-electron chi connectivity index (χ2n) is 3.66. The first kappa shape index (κ1) is 8.82. The fourth-order valence-electron chi connectivity index (χ4n) is 2.24. The molecule has 2 rings (SSSR count). The number of aromatic nitrogens is 2. The molecule has 1 heterocycles. The zero-order chi connectivity index (χ0) is 9.42. The first-order valence-corrected chi connectivity index (χ1v) is 4.60. The minimum atomic E-state index is 0.197. The molecule has 0 amide bonds. The summed E-state index contributed by atoms with van der Waals surface area (Å²) in [5, 5.41) is 13.4. The summed E-state index contributed by atoms with van der Waals surface area (Å²) in [6, 6.07) is 0. The van der Waals surface area contributed by atoms with E-state index in [2.05, 4.69) is 5.10 Å². The van der Waals surface area contributed by atoms with Gasteiger partial charge in [0.2, 0.25) is 0 Å². The SMILES string of the molecule is [B]C[C@@H]1C[C@H](CO)c2c1cnn2C. The molecule has 1 aromatic rings. The number of fused-ring (bicyclic) bond motifs is 1. The largest absolute Gasteiger partial charge is 0.396 e. The molecule has 2 atom stereocenters. The van der Waals surface area contributed by atoms with E-state index in [0.29, 0.717) is 12.2 Å². The molecule has 0 aliphatic heterocycles. The van der Waals surface area contributed by atoms with Gasteiger partial charge in [0.15, 0.2) is 0 Å². The van der Waals surface area contributed by atoms with Crippen LogP contribution in [0.2, 0.25) is 6.32 Å². The molecule has 3 nitrogen and oxygen atoms in total. The molecule has 0 spiro atoms. The number of aryl methyl sites for hydroxylation is 1. The first-order valence-electron chi connectivity index (χ1n) is 4.60. The van der Waals surface area contributed by atoms with Crippen molar-refractivity contribution in [3.8, 4) is 0 Å². The van der Waals surface area contributed by atoms with Crippen molar-refractivity contribution in [2.75, 3.05) is 6.61 Å². The highest BCUT2D eigenvalue weighted by molar-refractivity contribution is 6.09. The Morgan fingerprint density at radius 2 is 2.46 bits per heavy atom. The van der Waals surface area contributed by atoms with E-state index in [0.717, 1.165) is 12.1 Å². The maximum absolute atomic E-state index is 9.19. The summed E-state index contributed by atoms with van der Waals surface area (Å²) in [5.41, 5.74) is 2.39. The topological polar surface area (TPSA) is 38.1 Å². The quantitative estimate of drug-likeness (QED) is 0.669. The Morgan fingerprint density at radius 3 is 3.08 bits per heavy atom. The predicted molar refractivity (Wildman–Crippen MR) is 51.0 cm³/mol. The lowest BCUT2D eigenvalue weighted by atomic mass is 9.87. The molecular weight excluding hydrogens is 163 g/mol. The van der Waals surface area contributed by atoms with Gasteiger partial charge in [-0.25, -0.2) is 0 Å². The highest BCUT2D eigenvalue weighted by Crippen LogP contribution is 2.42. The van der Waals surface area contributed by atoms with Crippen LogP contribution in [-0.4, -0.2) is 29.3 Å². The fourth-order valence-corrected chi connectivity index (χ4v) is 2.24. The Labute approximate surface area is 79.2 Å². The van der Waals surface area contributed by atoms with E-state index in [4.69, 9.17) is 7.85 Å². The zero-order valence-corrected chi connectivity index (χ0v) is 7.77. The maximum atomic E-state index is 9.19. The van der Waals surface area contributed by atoms with Crippen LogP contribution in [0.3, 0.4) is 0 Å². The van der Waals surface area contributed by atoms with Crippen molar-refractivity contribution in [3.63, 3.8) is 0 Å². The van der Waals surface area contributed by atoms with Crippen molar-refractivity contribution in [2.24, 2.45) is 7.05 Å². The van der Waals surface area contributed by atoms with Gasteiger partial charge in [0.25, 0.3) is 0 Å². The first-order chi connectivity index (χ1) is 6.27. The molecule has 0 bridgehead atoms. The number of aliphatic hydroxyl groups is 1. The predicted octanol–water partition coefficient (Wildman–Crippen LogP) is 0.570. The standard InChI is InChI=1S/C9H13BN2O/c1-12-9-7(5-13)2-6(3-10)8(9)4-11-12/h4,6-7,13H,2-3,5H2,1H3/t6-,7+/m0/s1. The van der Waals surface area contributed by atoms with Gasteiger partial charge in [0, 0.05) is 18.7 Å². The molecular formula is C9H13BN2O. The summed E-state index contributed by atoms with van der Waals surface area (Å²) in [6.07, 6.45) is 3.49. The Morgan fingerprint density at radius 1 is 1.69 bits per heavy atom. The molecule has 4 heteroatoms. The van der Waals surface area contributed by atoms with Gasteiger partial charge in [-0.15, -0.1) is 0 Å². The van der Waals surface area contributed by atoms with Crippen molar-refractivity contribution in [1.82, 2.24) is 9.78 Å². The van der Waals surface area contributed by atoms with Crippen LogP contribution in [0.25, 0.3) is 0 Å². The Balaban J connectivity index is 2.40. The lowest BCUT2D eigenvalue weighted by molar-refractivity contribution is 0.257. The number of rotatable bonds is 2. The average molecular weight is 176 g/mol. The third-order valence-corrected chi connectivity index (χ3v) is 2.91. The Kier molecular flexibility index (Phi) is 2.16. The summed E-state index contributed by atoms with van der Waals surface area (Å²) in [5.74, 6) is 0.622. The Hall–Kier alpha value is -0.765. The minimum Gasteiger partial charge on any atom is -0.396 e. The molecule has 0 saturated carbocycles. The summed E-state index contributed by atoms with van der Waals surface area (Å²) in [7, 11) is 7.57. The van der Waals surface area contributed by atoms with Gasteiger partial charge >= 0.3 is 0 Å². The lowest BCUT2D eigenvalue weighted by Crippen LogP contribution is -2.06. The fraction of sp³-hybridized carbons (Fsp3) is 0.667. The van der Waals surface area contributed by atoms with Crippen LogP contribution in [0.1, 0.15) is 29.5 Å². The molecule has 1 aliphatic rings. The molecule has 0 unspecified atom stereocenters. The van der Waals surface area contributed by atoms with Gasteiger partial charge in [0.05, 0.1) is 20.7 Å². The number of nitrogens with zero attached hydrogens (tertiary/aromatic N) is 2. The van der Waals surface area contributed by atoms with Crippen LogP contribution < -0.4 is 0 Å². The molecule has 0 saturated heterocycles. The third kappa shape index (κ3) is 1.20. The van der Waals surface area contributed by atoms with Gasteiger partial charge in [-0.05, 0) is 17.9 Å². The zero-order valence-electron chi connectivity index (χ0n) is 7.77. The van der Waals surface area contributed by atoms with Gasteiger partial charge in [0.1, 0.15) is 0 Å². The van der Waals surface area contributed by atoms with Crippen molar-refractivity contribution in [3.05, 3.63) is 17.5 Å². The summed E-state index contributed by atoms with van der Waals surface area (Å²) in [6.45, 7) is 0.197. The van der Waals surface area contributed by atoms with Crippen molar-refractivity contribution in [1.29, 1.82) is 0 Å². The van der Waals surface area contributed by atoms with E-state index < -0.39 is 0 Å². The van der Waals surface area contributed by atoms with E-state index in [9.17, 15) is 5.11 Å². The van der Waals surface area contributed by atoms with Crippen LogP contribution >= 0.6 is 0 Å². The summed E-state index contributed by atoms with van der Waals surface area (Å²) >= 11 is 0. The second kappa shape index (κ2) is 3.18. The van der Waals surface area contributed by atoms with Crippen LogP contribution in [0.5, 0.6) is 0 Å². The number of aliphatic hydroxyl groups excluding tert-OH is 1. The highest BCUT2D eigenvalue weighted by atomic mass is 16.3. The van der Waals surface area contributed by atoms with E-state index in [-0.39, 0.29) is 12.5 Å². The monoisotopic (exact) mass is 176 g/mol.